The van der Waals surface area contributed by atoms with E-state index in [9.17, 15) is 0 Å². The molecule has 1 saturated carbocycles. The number of rotatable bonds is 3. The van der Waals surface area contributed by atoms with Crippen LogP contribution >= 0.6 is 0 Å². The molecule has 13 heavy (non-hydrogen) atoms. The van der Waals surface area contributed by atoms with Crippen molar-refractivity contribution in [2.24, 2.45) is 5.73 Å². The lowest BCUT2D eigenvalue weighted by atomic mass is 10.1. The summed E-state index contributed by atoms with van der Waals surface area (Å²) < 4.78 is 5.39. The Bertz CT molecular complexity index is 180. The molecule has 0 aromatic rings. The summed E-state index contributed by atoms with van der Waals surface area (Å²) in [7, 11) is 0. The van der Waals surface area contributed by atoms with E-state index in [1.807, 2.05) is 0 Å². The molecule has 0 bridgehead atoms. The van der Waals surface area contributed by atoms with Crippen molar-refractivity contribution in [3.63, 3.8) is 0 Å². The number of morpholine rings is 1. The summed E-state index contributed by atoms with van der Waals surface area (Å²) in [5, 5.41) is 0. The quantitative estimate of drug-likeness (QED) is 0.697. The van der Waals surface area contributed by atoms with Gasteiger partial charge in [0.25, 0.3) is 0 Å². The monoisotopic (exact) mass is 184 g/mol. The van der Waals surface area contributed by atoms with E-state index in [1.165, 1.54) is 12.8 Å². The SMILES string of the molecule is CC1COCCN1CCC1(N)CC1. The maximum atomic E-state index is 6.05. The van der Waals surface area contributed by atoms with Gasteiger partial charge in [0.05, 0.1) is 13.2 Å². The standard InChI is InChI=1S/C10H20N2O/c1-9-8-13-7-6-12(9)5-4-10(11)2-3-10/h9H,2-8,11H2,1H3. The summed E-state index contributed by atoms with van der Waals surface area (Å²) in [6, 6.07) is 0.580. The average Bonchev–Trinajstić information content (AvgIpc) is 2.83. The fourth-order valence-corrected chi connectivity index (χ4v) is 1.87. The third-order valence-corrected chi connectivity index (χ3v) is 3.29. The lowest BCUT2D eigenvalue weighted by Gasteiger charge is -2.33. The highest BCUT2D eigenvalue weighted by molar-refractivity contribution is 4.99. The van der Waals surface area contributed by atoms with Gasteiger partial charge in [0.15, 0.2) is 0 Å². The fourth-order valence-electron chi connectivity index (χ4n) is 1.87. The van der Waals surface area contributed by atoms with Crippen LogP contribution < -0.4 is 5.73 Å². The Hall–Kier alpha value is -0.120. The van der Waals surface area contributed by atoms with Crippen LogP contribution in [0, 0.1) is 0 Å². The van der Waals surface area contributed by atoms with Crippen molar-refractivity contribution < 1.29 is 4.74 Å². The third kappa shape index (κ3) is 2.42. The normalized spacial score (nSPS) is 33.2. The number of hydrogen-bond acceptors (Lipinski definition) is 3. The molecule has 2 rings (SSSR count). The van der Waals surface area contributed by atoms with Crippen LogP contribution in [0.4, 0.5) is 0 Å². The largest absolute Gasteiger partial charge is 0.379 e. The molecule has 0 amide bonds. The highest BCUT2D eigenvalue weighted by Crippen LogP contribution is 2.35. The van der Waals surface area contributed by atoms with Gasteiger partial charge in [0.2, 0.25) is 0 Å². The van der Waals surface area contributed by atoms with Gasteiger partial charge in [-0.3, -0.25) is 4.90 Å². The van der Waals surface area contributed by atoms with Gasteiger partial charge in [-0.15, -0.1) is 0 Å². The molecule has 0 aromatic heterocycles. The molecule has 2 N–H and O–H groups in total. The fraction of sp³-hybridized carbons (Fsp3) is 1.00. The van der Waals surface area contributed by atoms with E-state index in [-0.39, 0.29) is 5.54 Å². The zero-order valence-corrected chi connectivity index (χ0v) is 8.46. The maximum Gasteiger partial charge on any atom is 0.0619 e. The Morgan fingerprint density at radius 1 is 1.54 bits per heavy atom. The van der Waals surface area contributed by atoms with Gasteiger partial charge in [-0.2, -0.15) is 0 Å². The smallest absolute Gasteiger partial charge is 0.0619 e. The van der Waals surface area contributed by atoms with Crippen LogP contribution in [0.2, 0.25) is 0 Å². The molecule has 1 heterocycles. The van der Waals surface area contributed by atoms with Crippen LogP contribution in [-0.4, -0.2) is 42.8 Å². The van der Waals surface area contributed by atoms with Gasteiger partial charge < -0.3 is 10.5 Å². The molecule has 2 aliphatic rings. The average molecular weight is 184 g/mol. The minimum Gasteiger partial charge on any atom is -0.379 e. The van der Waals surface area contributed by atoms with Crippen molar-refractivity contribution in [1.82, 2.24) is 4.90 Å². The molecule has 0 radical (unpaired) electrons. The molecule has 1 aliphatic carbocycles. The molecular weight excluding hydrogens is 164 g/mol. The second-order valence-corrected chi connectivity index (χ2v) is 4.57. The van der Waals surface area contributed by atoms with Crippen molar-refractivity contribution in [3.05, 3.63) is 0 Å². The van der Waals surface area contributed by atoms with Crippen LogP contribution in [0.15, 0.2) is 0 Å². The van der Waals surface area contributed by atoms with Gasteiger partial charge in [0, 0.05) is 24.7 Å². The number of hydrogen-bond donors (Lipinski definition) is 1. The summed E-state index contributed by atoms with van der Waals surface area (Å²) in [6.07, 6.45) is 3.62. The Morgan fingerprint density at radius 3 is 2.92 bits per heavy atom. The molecule has 3 heteroatoms. The topological polar surface area (TPSA) is 38.5 Å². The summed E-state index contributed by atoms with van der Waals surface area (Å²) in [4.78, 5) is 2.50. The van der Waals surface area contributed by atoms with Gasteiger partial charge in [-0.05, 0) is 26.2 Å². The van der Waals surface area contributed by atoms with Crippen LogP contribution in [0.5, 0.6) is 0 Å². The minimum absolute atomic E-state index is 0.206. The van der Waals surface area contributed by atoms with Crippen molar-refractivity contribution >= 4 is 0 Å². The van der Waals surface area contributed by atoms with E-state index in [4.69, 9.17) is 10.5 Å². The summed E-state index contributed by atoms with van der Waals surface area (Å²) >= 11 is 0. The first-order valence-electron chi connectivity index (χ1n) is 5.30. The molecule has 0 spiro atoms. The Balaban J connectivity index is 1.73. The predicted octanol–water partition coefficient (Wildman–Crippen LogP) is 0.588. The maximum absolute atomic E-state index is 6.05. The highest BCUT2D eigenvalue weighted by atomic mass is 16.5. The van der Waals surface area contributed by atoms with E-state index in [2.05, 4.69) is 11.8 Å². The van der Waals surface area contributed by atoms with Crippen molar-refractivity contribution in [2.75, 3.05) is 26.3 Å². The first-order valence-corrected chi connectivity index (χ1v) is 5.30. The molecule has 3 nitrogen and oxygen atoms in total. The molecule has 2 fully saturated rings. The molecule has 1 atom stereocenters. The van der Waals surface area contributed by atoms with Crippen LogP contribution in [0.1, 0.15) is 26.2 Å². The Morgan fingerprint density at radius 2 is 2.31 bits per heavy atom. The number of nitrogens with zero attached hydrogens (tertiary/aromatic N) is 1. The van der Waals surface area contributed by atoms with Crippen molar-refractivity contribution in [3.8, 4) is 0 Å². The second kappa shape index (κ2) is 3.56. The molecule has 1 unspecified atom stereocenters. The second-order valence-electron chi connectivity index (χ2n) is 4.57. The van der Waals surface area contributed by atoms with Gasteiger partial charge >= 0.3 is 0 Å². The zero-order chi connectivity index (χ0) is 9.31. The molecule has 1 aliphatic heterocycles. The summed E-state index contributed by atoms with van der Waals surface area (Å²) in [6.45, 7) is 6.24. The molecule has 1 saturated heterocycles. The molecular formula is C10H20N2O. The van der Waals surface area contributed by atoms with Gasteiger partial charge in [-0.1, -0.05) is 0 Å². The van der Waals surface area contributed by atoms with E-state index < -0.39 is 0 Å². The Labute approximate surface area is 80.2 Å². The number of ether oxygens (including phenoxy) is 1. The number of nitrogens with two attached hydrogens (primary N) is 1. The van der Waals surface area contributed by atoms with Crippen molar-refractivity contribution in [2.45, 2.75) is 37.8 Å². The first-order chi connectivity index (χ1) is 6.20. The van der Waals surface area contributed by atoms with E-state index in [0.717, 1.165) is 32.7 Å². The lowest BCUT2D eigenvalue weighted by molar-refractivity contribution is -0.00170. The van der Waals surface area contributed by atoms with E-state index >= 15 is 0 Å². The minimum atomic E-state index is 0.206. The van der Waals surface area contributed by atoms with Crippen LogP contribution in [0.25, 0.3) is 0 Å². The summed E-state index contributed by atoms with van der Waals surface area (Å²) in [5.74, 6) is 0. The Kier molecular flexibility index (Phi) is 2.58. The van der Waals surface area contributed by atoms with Crippen LogP contribution in [0.3, 0.4) is 0 Å². The van der Waals surface area contributed by atoms with Gasteiger partial charge in [-0.25, -0.2) is 0 Å². The van der Waals surface area contributed by atoms with Crippen LogP contribution in [-0.2, 0) is 4.74 Å². The predicted molar refractivity (Wildman–Crippen MR) is 52.6 cm³/mol. The van der Waals surface area contributed by atoms with Gasteiger partial charge in [0.1, 0.15) is 0 Å². The first kappa shape index (κ1) is 9.44. The van der Waals surface area contributed by atoms with Crippen molar-refractivity contribution in [1.29, 1.82) is 0 Å². The summed E-state index contributed by atoms with van der Waals surface area (Å²) in [5.41, 5.74) is 6.26. The molecule has 76 valence electrons. The zero-order valence-electron chi connectivity index (χ0n) is 8.46. The molecule has 0 aromatic carbocycles. The van der Waals surface area contributed by atoms with E-state index in [1.54, 1.807) is 0 Å². The third-order valence-electron chi connectivity index (χ3n) is 3.29. The lowest BCUT2D eigenvalue weighted by Crippen LogP contribution is -2.45. The van der Waals surface area contributed by atoms with E-state index in [0.29, 0.717) is 6.04 Å². The highest BCUT2D eigenvalue weighted by Gasteiger charge is 2.38.